The van der Waals surface area contributed by atoms with Gasteiger partial charge >= 0.3 is 6.01 Å². The number of carbonyl (C=O) groups is 1. The Hall–Kier alpha value is -2.61. The molecule has 2 atom stereocenters. The zero-order valence-electron chi connectivity index (χ0n) is 20.5. The number of aryl methyl sites for hydroxylation is 1. The number of rotatable bonds is 10. The third kappa shape index (κ3) is 6.69. The Kier molecular flexibility index (Phi) is 8.72. The number of nitrogens with one attached hydrogen (secondary N) is 1. The molecule has 0 aliphatic carbocycles. The molecule has 1 aromatic carbocycles. The number of aromatic nitrogens is 2. The minimum absolute atomic E-state index is 0.0841. The van der Waals surface area contributed by atoms with Crippen LogP contribution in [0.15, 0.2) is 22.7 Å². The summed E-state index contributed by atoms with van der Waals surface area (Å²) in [6.45, 7) is 12.5. The fourth-order valence-electron chi connectivity index (χ4n) is 4.18. The number of aliphatic hydroxyl groups is 1. The number of carbonyl (C=O) groups excluding carboxylic acids is 1. The van der Waals surface area contributed by atoms with Crippen molar-refractivity contribution in [3.8, 4) is 5.75 Å². The van der Waals surface area contributed by atoms with Gasteiger partial charge in [-0.05, 0) is 68.7 Å². The van der Waals surface area contributed by atoms with E-state index in [-0.39, 0.29) is 24.5 Å². The van der Waals surface area contributed by atoms with E-state index in [4.69, 9.17) is 14.4 Å². The smallest absolute Gasteiger partial charge is 0.324 e. The Labute approximate surface area is 196 Å². The van der Waals surface area contributed by atoms with Gasteiger partial charge in [-0.25, -0.2) is 0 Å². The van der Waals surface area contributed by atoms with Gasteiger partial charge in [-0.2, -0.15) is 4.98 Å². The van der Waals surface area contributed by atoms with Crippen LogP contribution in [0, 0.1) is 18.8 Å². The van der Waals surface area contributed by atoms with Crippen molar-refractivity contribution in [2.24, 2.45) is 11.8 Å². The molecule has 0 unspecified atom stereocenters. The number of hydrogen-bond acceptors (Lipinski definition) is 7. The lowest BCUT2D eigenvalue weighted by Crippen LogP contribution is -2.36. The van der Waals surface area contributed by atoms with Crippen molar-refractivity contribution in [3.05, 3.63) is 35.2 Å². The molecule has 1 amide bonds. The molecule has 33 heavy (non-hydrogen) atoms. The molecule has 8 nitrogen and oxygen atoms in total. The Balaban J connectivity index is 1.42. The van der Waals surface area contributed by atoms with Crippen LogP contribution in [0.3, 0.4) is 0 Å². The molecular weight excluding hydrogens is 420 g/mol. The van der Waals surface area contributed by atoms with Gasteiger partial charge in [-0.1, -0.05) is 25.9 Å². The fourth-order valence-corrected chi connectivity index (χ4v) is 4.18. The molecule has 3 rings (SSSR count). The summed E-state index contributed by atoms with van der Waals surface area (Å²) in [6.07, 6.45) is 3.20. The van der Waals surface area contributed by atoms with E-state index in [0.717, 1.165) is 49.5 Å². The van der Waals surface area contributed by atoms with Gasteiger partial charge in [0.25, 0.3) is 5.91 Å². The van der Waals surface area contributed by atoms with Gasteiger partial charge in [0, 0.05) is 30.6 Å². The highest BCUT2D eigenvalue weighted by Gasteiger charge is 2.26. The van der Waals surface area contributed by atoms with Crippen LogP contribution in [0.2, 0.25) is 0 Å². The van der Waals surface area contributed by atoms with Crippen molar-refractivity contribution in [1.29, 1.82) is 0 Å². The van der Waals surface area contributed by atoms with Gasteiger partial charge in [0.2, 0.25) is 0 Å². The van der Waals surface area contributed by atoms with Crippen LogP contribution in [0.1, 0.15) is 74.6 Å². The van der Waals surface area contributed by atoms with Crippen LogP contribution in [-0.4, -0.2) is 53.5 Å². The molecule has 1 aromatic heterocycles. The lowest BCUT2D eigenvalue weighted by Gasteiger charge is -2.33. The third-order valence-electron chi connectivity index (χ3n) is 6.50. The van der Waals surface area contributed by atoms with Gasteiger partial charge in [0.15, 0.2) is 5.82 Å². The first-order valence-corrected chi connectivity index (χ1v) is 12.0. The van der Waals surface area contributed by atoms with E-state index in [9.17, 15) is 4.79 Å². The lowest BCUT2D eigenvalue weighted by atomic mass is 9.84. The lowest BCUT2D eigenvalue weighted by molar-refractivity contribution is 0.0921. The fraction of sp³-hybridized carbons (Fsp3) is 0.640. The summed E-state index contributed by atoms with van der Waals surface area (Å²) < 4.78 is 11.4. The maximum absolute atomic E-state index is 12.3. The standard InChI is InChI=1S/C25H38N4O4/c1-16(2)23-27-25(33-28-23)29-11-8-20(9-12-29)17(3)10-13-32-21-6-7-22(18(4)14-21)24(31)26-19(5)15-30/h6-7,14,16-17,19-20,30H,8-13,15H2,1-5H3,(H,26,31)/t17-,19-/m1/s1. The first-order chi connectivity index (χ1) is 15.8. The van der Waals surface area contributed by atoms with Crippen molar-refractivity contribution in [3.63, 3.8) is 0 Å². The maximum atomic E-state index is 12.3. The predicted octanol–water partition coefficient (Wildman–Crippen LogP) is 3.93. The quantitative estimate of drug-likeness (QED) is 0.556. The topological polar surface area (TPSA) is 101 Å². The van der Waals surface area contributed by atoms with Crippen molar-refractivity contribution < 1.29 is 19.2 Å². The summed E-state index contributed by atoms with van der Waals surface area (Å²) in [4.78, 5) is 19.0. The molecule has 1 aliphatic heterocycles. The Bertz CT molecular complexity index is 906. The van der Waals surface area contributed by atoms with Crippen LogP contribution in [-0.2, 0) is 0 Å². The average Bonchev–Trinajstić information content (AvgIpc) is 3.30. The van der Waals surface area contributed by atoms with Gasteiger partial charge in [-0.15, -0.1) is 0 Å². The minimum Gasteiger partial charge on any atom is -0.494 e. The van der Waals surface area contributed by atoms with Crippen LogP contribution in [0.4, 0.5) is 6.01 Å². The summed E-state index contributed by atoms with van der Waals surface area (Å²) >= 11 is 0. The summed E-state index contributed by atoms with van der Waals surface area (Å²) in [5.41, 5.74) is 1.46. The number of anilines is 1. The molecule has 1 saturated heterocycles. The van der Waals surface area contributed by atoms with Gasteiger partial charge in [-0.3, -0.25) is 4.79 Å². The van der Waals surface area contributed by atoms with Crippen LogP contribution < -0.4 is 15.0 Å². The average molecular weight is 459 g/mol. The minimum atomic E-state index is -0.272. The second-order valence-electron chi connectivity index (χ2n) is 9.56. The SMILES string of the molecule is Cc1cc(OCC[C@@H](C)C2CCN(c3nc(C(C)C)no3)CC2)ccc1C(=O)N[C@H](C)CO. The van der Waals surface area contributed by atoms with Crippen LogP contribution >= 0.6 is 0 Å². The second kappa shape index (κ2) is 11.5. The molecule has 2 aromatic rings. The molecule has 2 N–H and O–H groups in total. The first kappa shape index (κ1) is 25.0. The molecule has 8 heteroatoms. The van der Waals surface area contributed by atoms with Crippen molar-refractivity contribution >= 4 is 11.9 Å². The van der Waals surface area contributed by atoms with Gasteiger partial charge in [0.05, 0.1) is 13.2 Å². The van der Waals surface area contributed by atoms with E-state index in [2.05, 4.69) is 41.1 Å². The van der Waals surface area contributed by atoms with Crippen molar-refractivity contribution in [1.82, 2.24) is 15.5 Å². The zero-order valence-corrected chi connectivity index (χ0v) is 20.5. The van der Waals surface area contributed by atoms with E-state index < -0.39 is 0 Å². The van der Waals surface area contributed by atoms with E-state index in [0.29, 0.717) is 30.0 Å². The molecule has 1 fully saturated rings. The van der Waals surface area contributed by atoms with Crippen molar-refractivity contribution in [2.75, 3.05) is 31.2 Å². The molecule has 2 heterocycles. The first-order valence-electron chi connectivity index (χ1n) is 12.0. The third-order valence-corrected chi connectivity index (χ3v) is 6.50. The normalized spacial score (nSPS) is 16.6. The van der Waals surface area contributed by atoms with E-state index >= 15 is 0 Å². The highest BCUT2D eigenvalue weighted by atomic mass is 16.5. The Morgan fingerprint density at radius 2 is 2.00 bits per heavy atom. The van der Waals surface area contributed by atoms with Gasteiger partial charge < -0.3 is 24.6 Å². The second-order valence-corrected chi connectivity index (χ2v) is 9.56. The highest BCUT2D eigenvalue weighted by molar-refractivity contribution is 5.95. The maximum Gasteiger partial charge on any atom is 0.324 e. The number of aliphatic hydroxyl groups excluding tert-OH is 1. The summed E-state index contributed by atoms with van der Waals surface area (Å²) in [6, 6.07) is 5.89. The van der Waals surface area contributed by atoms with Gasteiger partial charge in [0.1, 0.15) is 5.75 Å². The van der Waals surface area contributed by atoms with Crippen molar-refractivity contribution in [2.45, 2.75) is 65.8 Å². The molecular formula is C25H38N4O4. The highest BCUT2D eigenvalue weighted by Crippen LogP contribution is 2.30. The number of hydrogen-bond donors (Lipinski definition) is 2. The van der Waals surface area contributed by atoms with E-state index in [1.165, 1.54) is 0 Å². The number of nitrogens with zero attached hydrogens (tertiary/aromatic N) is 3. The molecule has 0 radical (unpaired) electrons. The molecule has 0 saturated carbocycles. The summed E-state index contributed by atoms with van der Waals surface area (Å²) in [5.74, 6) is 2.85. The van der Waals surface area contributed by atoms with E-state index in [1.807, 2.05) is 19.1 Å². The largest absolute Gasteiger partial charge is 0.494 e. The Morgan fingerprint density at radius 1 is 1.27 bits per heavy atom. The number of ether oxygens (including phenoxy) is 1. The van der Waals surface area contributed by atoms with E-state index in [1.54, 1.807) is 13.0 Å². The molecule has 1 aliphatic rings. The Morgan fingerprint density at radius 3 is 2.61 bits per heavy atom. The zero-order chi connectivity index (χ0) is 24.0. The summed E-state index contributed by atoms with van der Waals surface area (Å²) in [5, 5.41) is 16.0. The number of piperidine rings is 1. The monoisotopic (exact) mass is 458 g/mol. The molecule has 0 spiro atoms. The molecule has 0 bridgehead atoms. The number of benzene rings is 1. The predicted molar refractivity (Wildman–Crippen MR) is 128 cm³/mol. The number of amides is 1. The summed E-state index contributed by atoms with van der Waals surface area (Å²) in [7, 11) is 0. The molecule has 182 valence electrons. The van der Waals surface area contributed by atoms with Crippen LogP contribution in [0.25, 0.3) is 0 Å². The van der Waals surface area contributed by atoms with Crippen LogP contribution in [0.5, 0.6) is 5.75 Å².